The fourth-order valence-electron chi connectivity index (χ4n) is 3.00. The first kappa shape index (κ1) is 23.7. The third-order valence-corrected chi connectivity index (χ3v) is 6.83. The molecule has 32 heavy (non-hydrogen) atoms. The second-order valence-electron chi connectivity index (χ2n) is 6.73. The minimum Gasteiger partial charge on any atom is -0.465 e. The highest BCUT2D eigenvalue weighted by Gasteiger charge is 2.29. The van der Waals surface area contributed by atoms with E-state index in [0.29, 0.717) is 29.5 Å². The summed E-state index contributed by atoms with van der Waals surface area (Å²) in [7, 11) is 4.44. The molecule has 0 unspecified atom stereocenters. The predicted molar refractivity (Wildman–Crippen MR) is 130 cm³/mol. The number of anilines is 2. The van der Waals surface area contributed by atoms with Crippen LogP contribution < -0.4 is 4.90 Å². The average Bonchev–Trinajstić information content (AvgIpc) is 2.96. The summed E-state index contributed by atoms with van der Waals surface area (Å²) in [5.41, 5.74) is 3.14. The van der Waals surface area contributed by atoms with E-state index in [1.165, 1.54) is 40.5 Å². The van der Waals surface area contributed by atoms with Gasteiger partial charge in [0, 0.05) is 25.5 Å². The van der Waals surface area contributed by atoms with Crippen LogP contribution in [0.4, 0.5) is 21.0 Å². The number of benzene rings is 2. The van der Waals surface area contributed by atoms with Crippen molar-refractivity contribution in [1.82, 2.24) is 4.90 Å². The Bertz CT molecular complexity index is 962. The number of rotatable bonds is 7. The Labute approximate surface area is 195 Å². The summed E-state index contributed by atoms with van der Waals surface area (Å²) in [6.45, 7) is 1.88. The minimum absolute atomic E-state index is 0.163. The average molecular weight is 473 g/mol. The van der Waals surface area contributed by atoms with Crippen LogP contribution in [-0.4, -0.2) is 54.8 Å². The highest BCUT2D eigenvalue weighted by Crippen LogP contribution is 2.36. The number of urea groups is 1. The highest BCUT2D eigenvalue weighted by atomic mass is 33.1. The molecule has 3 amide bonds. The van der Waals surface area contributed by atoms with E-state index in [0.717, 1.165) is 16.0 Å². The summed E-state index contributed by atoms with van der Waals surface area (Å²) in [5.74, 6) is 0.901. The number of ether oxygens (including phenoxy) is 2. The van der Waals surface area contributed by atoms with Crippen molar-refractivity contribution in [2.24, 2.45) is 0 Å². The van der Waals surface area contributed by atoms with Crippen LogP contribution in [0, 0.1) is 0 Å². The second kappa shape index (κ2) is 11.6. The van der Waals surface area contributed by atoms with Crippen LogP contribution in [0.15, 0.2) is 48.5 Å². The molecule has 0 radical (unpaired) electrons. The van der Waals surface area contributed by atoms with Gasteiger partial charge < -0.3 is 9.47 Å². The number of hydrogen-bond donors (Lipinski definition) is 0. The fraction of sp³-hybridized carbons (Fsp3) is 0.261. The zero-order valence-corrected chi connectivity index (χ0v) is 19.5. The van der Waals surface area contributed by atoms with Gasteiger partial charge in [0.05, 0.1) is 11.4 Å². The molecule has 0 aromatic heterocycles. The molecule has 1 heterocycles. The number of imide groups is 1. The number of hydrogen-bond acceptors (Lipinski definition) is 7. The van der Waals surface area contributed by atoms with Crippen LogP contribution in [0.1, 0.15) is 18.1 Å². The topological polar surface area (TPSA) is 76.1 Å². The number of fused-ring (bicyclic) bond motifs is 2. The summed E-state index contributed by atoms with van der Waals surface area (Å²) in [6.07, 6.45) is 3.19. The molecule has 0 saturated heterocycles. The van der Waals surface area contributed by atoms with Crippen molar-refractivity contribution in [2.45, 2.75) is 6.92 Å². The molecule has 0 aliphatic carbocycles. The van der Waals surface area contributed by atoms with Crippen LogP contribution in [0.2, 0.25) is 0 Å². The van der Waals surface area contributed by atoms with Gasteiger partial charge in [-0.05, 0) is 23.3 Å². The number of para-hydroxylation sites is 2. The van der Waals surface area contributed by atoms with E-state index in [4.69, 9.17) is 9.47 Å². The lowest BCUT2D eigenvalue weighted by Gasteiger charge is -2.28. The van der Waals surface area contributed by atoms with Gasteiger partial charge in [0.15, 0.2) is 0 Å². The lowest BCUT2D eigenvalue weighted by molar-refractivity contribution is -0.140. The Hall–Kier alpha value is -2.91. The lowest BCUT2D eigenvalue weighted by Crippen LogP contribution is -2.42. The first-order valence-electron chi connectivity index (χ1n) is 9.97. The Kier molecular flexibility index (Phi) is 8.64. The largest absolute Gasteiger partial charge is 0.465 e. The molecule has 1 aliphatic rings. The molecule has 2 aromatic carbocycles. The van der Waals surface area contributed by atoms with E-state index in [9.17, 15) is 14.4 Å². The van der Waals surface area contributed by atoms with Gasteiger partial charge >= 0.3 is 18.1 Å². The zero-order chi connectivity index (χ0) is 22.9. The van der Waals surface area contributed by atoms with Crippen molar-refractivity contribution >= 4 is 63.2 Å². The Morgan fingerprint density at radius 1 is 0.844 bits per heavy atom. The second-order valence-corrected chi connectivity index (χ2v) is 9.43. The van der Waals surface area contributed by atoms with Crippen LogP contribution >= 0.6 is 21.6 Å². The number of carbonyl (C=O) groups is 3. The van der Waals surface area contributed by atoms with Gasteiger partial charge in [-0.15, -0.1) is 0 Å². The van der Waals surface area contributed by atoms with Crippen LogP contribution in [0.25, 0.3) is 12.2 Å². The van der Waals surface area contributed by atoms with E-state index < -0.39 is 12.1 Å². The van der Waals surface area contributed by atoms with Gasteiger partial charge in [-0.3, -0.25) is 9.69 Å². The molecule has 0 saturated carbocycles. The first-order chi connectivity index (χ1) is 15.5. The third-order valence-electron chi connectivity index (χ3n) is 4.50. The van der Waals surface area contributed by atoms with Gasteiger partial charge in [0.25, 0.3) is 0 Å². The molecule has 3 rings (SSSR count). The summed E-state index contributed by atoms with van der Waals surface area (Å²) in [6, 6.07) is 14.6. The monoisotopic (exact) mass is 472 g/mol. The van der Waals surface area contributed by atoms with Crippen LogP contribution in [0.5, 0.6) is 0 Å². The molecule has 7 nitrogen and oxygen atoms in total. The third kappa shape index (κ3) is 6.08. The molecule has 1 aliphatic heterocycles. The Morgan fingerprint density at radius 3 is 1.88 bits per heavy atom. The number of esters is 1. The van der Waals surface area contributed by atoms with Crippen molar-refractivity contribution in [3.8, 4) is 0 Å². The molecular weight excluding hydrogens is 448 g/mol. The molecular formula is C23H24N2O5S2. The smallest absolute Gasteiger partial charge is 0.417 e. The molecule has 2 aromatic rings. The maximum atomic E-state index is 13.4. The van der Waals surface area contributed by atoms with E-state index in [2.05, 4.69) is 0 Å². The van der Waals surface area contributed by atoms with Gasteiger partial charge in [-0.1, -0.05) is 70.1 Å². The van der Waals surface area contributed by atoms with Gasteiger partial charge in [-0.25, -0.2) is 14.5 Å². The summed E-state index contributed by atoms with van der Waals surface area (Å²) in [5, 5.41) is 0. The van der Waals surface area contributed by atoms with Crippen LogP contribution in [-0.2, 0) is 14.3 Å². The number of amides is 3. The molecule has 0 bridgehead atoms. The van der Waals surface area contributed by atoms with Gasteiger partial charge in [0.2, 0.25) is 0 Å². The lowest BCUT2D eigenvalue weighted by atomic mass is 10.1. The maximum absolute atomic E-state index is 13.4. The minimum atomic E-state index is -0.715. The van der Waals surface area contributed by atoms with Crippen molar-refractivity contribution in [3.05, 3.63) is 59.7 Å². The van der Waals surface area contributed by atoms with E-state index in [-0.39, 0.29) is 12.6 Å². The summed E-state index contributed by atoms with van der Waals surface area (Å²) in [4.78, 5) is 39.1. The normalized spacial score (nSPS) is 11.8. The maximum Gasteiger partial charge on any atom is 0.417 e. The molecule has 168 valence electrons. The quantitative estimate of drug-likeness (QED) is 0.302. The Morgan fingerprint density at radius 2 is 1.34 bits per heavy atom. The highest BCUT2D eigenvalue weighted by molar-refractivity contribution is 8.76. The standard InChI is InChI=1S/C23H24N2O5S2/c1-17(26)29-13-15-31-32-16-14-30-23(28)24(2)22(27)25-20-9-5-3-7-18(20)11-12-19-8-4-6-10-21(19)25/h3-12H,13-16H2,1-2H3. The van der Waals surface area contributed by atoms with Crippen molar-refractivity contribution in [1.29, 1.82) is 0 Å². The molecule has 9 heteroatoms. The van der Waals surface area contributed by atoms with E-state index >= 15 is 0 Å². The Balaban J connectivity index is 1.60. The molecule has 0 fully saturated rings. The summed E-state index contributed by atoms with van der Waals surface area (Å²) >= 11 is 0. The van der Waals surface area contributed by atoms with E-state index in [1.54, 1.807) is 0 Å². The molecule has 0 atom stereocenters. The van der Waals surface area contributed by atoms with Crippen molar-refractivity contribution in [2.75, 3.05) is 36.7 Å². The SMILES string of the molecule is CC(=O)OCCSSCCOC(=O)N(C)C(=O)N1c2ccccc2C=Cc2ccccc21. The van der Waals surface area contributed by atoms with Gasteiger partial charge in [-0.2, -0.15) is 0 Å². The number of carbonyl (C=O) groups excluding carboxylic acids is 3. The van der Waals surface area contributed by atoms with Crippen molar-refractivity contribution in [3.63, 3.8) is 0 Å². The molecule has 0 N–H and O–H groups in total. The molecule has 0 spiro atoms. The zero-order valence-electron chi connectivity index (χ0n) is 17.9. The predicted octanol–water partition coefficient (Wildman–Crippen LogP) is 5.44. The first-order valence-corrected chi connectivity index (χ1v) is 12.5. The number of nitrogens with zero attached hydrogens (tertiary/aromatic N) is 2. The van der Waals surface area contributed by atoms with Crippen molar-refractivity contribution < 1.29 is 23.9 Å². The van der Waals surface area contributed by atoms with Gasteiger partial charge in [0.1, 0.15) is 13.2 Å². The van der Waals surface area contributed by atoms with Crippen LogP contribution in [0.3, 0.4) is 0 Å². The summed E-state index contributed by atoms with van der Waals surface area (Å²) < 4.78 is 10.1. The van der Waals surface area contributed by atoms with E-state index in [1.807, 2.05) is 60.7 Å². The fourth-order valence-corrected chi connectivity index (χ4v) is 4.66.